The molecule has 2 fully saturated rings. The number of rotatable bonds is 7. The van der Waals surface area contributed by atoms with Crippen molar-refractivity contribution in [2.24, 2.45) is 0 Å². The monoisotopic (exact) mass is 394 g/mol. The van der Waals surface area contributed by atoms with E-state index in [1.165, 1.54) is 24.8 Å². The van der Waals surface area contributed by atoms with Gasteiger partial charge in [-0.3, -0.25) is 0 Å². The van der Waals surface area contributed by atoms with Gasteiger partial charge in [-0.25, -0.2) is 4.98 Å². The SMILES string of the molecule is C=CC(=C)NC1CCC(Nc2cc(N3CCCCC3)nc3c(CC)cnn23)CC1. The molecule has 0 bridgehead atoms. The Morgan fingerprint density at radius 3 is 2.59 bits per heavy atom. The maximum Gasteiger partial charge on any atom is 0.162 e. The topological polar surface area (TPSA) is 57.5 Å². The van der Waals surface area contributed by atoms with Crippen LogP contribution in [0.4, 0.5) is 11.6 Å². The molecule has 1 saturated heterocycles. The van der Waals surface area contributed by atoms with Crippen LogP contribution in [-0.2, 0) is 6.42 Å². The first-order valence-electron chi connectivity index (χ1n) is 11.1. The van der Waals surface area contributed by atoms with Crippen LogP contribution in [0.5, 0.6) is 0 Å². The summed E-state index contributed by atoms with van der Waals surface area (Å²) in [4.78, 5) is 7.43. The summed E-state index contributed by atoms with van der Waals surface area (Å²) in [6.45, 7) is 12.1. The highest BCUT2D eigenvalue weighted by atomic mass is 15.3. The number of aryl methyl sites for hydroxylation is 1. The Labute approximate surface area is 174 Å². The lowest BCUT2D eigenvalue weighted by Crippen LogP contribution is -2.36. The normalized spacial score (nSPS) is 22.4. The molecule has 2 aromatic heterocycles. The molecule has 1 aliphatic heterocycles. The molecule has 0 radical (unpaired) electrons. The predicted octanol–water partition coefficient (Wildman–Crippen LogP) is 4.29. The fourth-order valence-electron chi connectivity index (χ4n) is 4.55. The molecule has 4 rings (SSSR count). The van der Waals surface area contributed by atoms with Crippen LogP contribution in [0, 0.1) is 0 Å². The summed E-state index contributed by atoms with van der Waals surface area (Å²) in [6, 6.07) is 3.16. The molecule has 3 heterocycles. The number of fused-ring (bicyclic) bond motifs is 1. The molecule has 6 heteroatoms. The Morgan fingerprint density at radius 2 is 1.90 bits per heavy atom. The molecule has 1 aliphatic carbocycles. The summed E-state index contributed by atoms with van der Waals surface area (Å²) in [5.74, 6) is 2.16. The third-order valence-corrected chi connectivity index (χ3v) is 6.31. The van der Waals surface area contributed by atoms with E-state index in [1.807, 2.05) is 10.7 Å². The number of nitrogens with zero attached hydrogens (tertiary/aromatic N) is 4. The first-order valence-corrected chi connectivity index (χ1v) is 11.1. The summed E-state index contributed by atoms with van der Waals surface area (Å²) in [7, 11) is 0. The van der Waals surface area contributed by atoms with Gasteiger partial charge in [-0.05, 0) is 57.4 Å². The van der Waals surface area contributed by atoms with E-state index in [0.29, 0.717) is 12.1 Å². The van der Waals surface area contributed by atoms with Gasteiger partial charge in [0.2, 0.25) is 0 Å². The molecule has 0 aromatic carbocycles. The van der Waals surface area contributed by atoms with Gasteiger partial charge in [-0.2, -0.15) is 9.61 Å². The molecule has 0 amide bonds. The van der Waals surface area contributed by atoms with E-state index >= 15 is 0 Å². The van der Waals surface area contributed by atoms with E-state index in [9.17, 15) is 0 Å². The van der Waals surface area contributed by atoms with Crippen molar-refractivity contribution < 1.29 is 0 Å². The molecule has 2 aromatic rings. The summed E-state index contributed by atoms with van der Waals surface area (Å²) >= 11 is 0. The Bertz CT molecular complexity index is 856. The van der Waals surface area contributed by atoms with Crippen molar-refractivity contribution in [2.45, 2.75) is 70.4 Å². The molecule has 29 heavy (non-hydrogen) atoms. The van der Waals surface area contributed by atoms with Crippen molar-refractivity contribution in [3.05, 3.63) is 42.8 Å². The fraction of sp³-hybridized carbons (Fsp3) is 0.565. The van der Waals surface area contributed by atoms with Gasteiger partial charge in [-0.1, -0.05) is 20.1 Å². The Balaban J connectivity index is 1.52. The standard InChI is InChI=1S/C23H34N6/c1-4-17(3)25-19-9-11-20(12-10-19)26-22-15-21(28-13-7-6-8-14-28)27-23-18(5-2)16-24-29(22)23/h4,15-16,19-20,25-26H,1,3,5-14H2,2H3. The first-order chi connectivity index (χ1) is 14.2. The zero-order valence-electron chi connectivity index (χ0n) is 17.7. The lowest BCUT2D eigenvalue weighted by atomic mass is 9.91. The average molecular weight is 395 g/mol. The average Bonchev–Trinajstić information content (AvgIpc) is 3.19. The third kappa shape index (κ3) is 4.41. The highest BCUT2D eigenvalue weighted by molar-refractivity contribution is 5.61. The van der Waals surface area contributed by atoms with E-state index in [1.54, 1.807) is 6.08 Å². The number of piperidine rings is 1. The van der Waals surface area contributed by atoms with Gasteiger partial charge in [0, 0.05) is 42.5 Å². The fourth-order valence-corrected chi connectivity index (χ4v) is 4.55. The van der Waals surface area contributed by atoms with Crippen LogP contribution in [0.1, 0.15) is 57.4 Å². The van der Waals surface area contributed by atoms with Crippen LogP contribution in [0.3, 0.4) is 0 Å². The van der Waals surface area contributed by atoms with Crippen LogP contribution >= 0.6 is 0 Å². The summed E-state index contributed by atoms with van der Waals surface area (Å²) in [5, 5.41) is 11.9. The smallest absolute Gasteiger partial charge is 0.162 e. The van der Waals surface area contributed by atoms with E-state index in [2.05, 4.69) is 46.8 Å². The minimum absolute atomic E-state index is 0.458. The van der Waals surface area contributed by atoms with Gasteiger partial charge in [0.05, 0.1) is 6.20 Å². The molecular formula is C23H34N6. The lowest BCUT2D eigenvalue weighted by molar-refractivity contribution is 0.375. The van der Waals surface area contributed by atoms with Crippen LogP contribution in [0.2, 0.25) is 0 Å². The summed E-state index contributed by atoms with van der Waals surface area (Å²) < 4.78 is 2.00. The highest BCUT2D eigenvalue weighted by Gasteiger charge is 2.23. The number of hydrogen-bond acceptors (Lipinski definition) is 5. The van der Waals surface area contributed by atoms with Gasteiger partial charge in [0.1, 0.15) is 11.6 Å². The highest BCUT2D eigenvalue weighted by Crippen LogP contribution is 2.27. The predicted molar refractivity (Wildman–Crippen MR) is 121 cm³/mol. The van der Waals surface area contributed by atoms with Gasteiger partial charge in [0.25, 0.3) is 0 Å². The molecule has 1 saturated carbocycles. The number of allylic oxidation sites excluding steroid dienone is 1. The summed E-state index contributed by atoms with van der Waals surface area (Å²) in [6.07, 6.45) is 13.1. The minimum atomic E-state index is 0.458. The van der Waals surface area contributed by atoms with E-state index in [-0.39, 0.29) is 0 Å². The third-order valence-electron chi connectivity index (χ3n) is 6.31. The molecule has 2 aliphatic rings. The quantitative estimate of drug-likeness (QED) is 0.686. The summed E-state index contributed by atoms with van der Waals surface area (Å²) in [5.41, 5.74) is 3.13. The second-order valence-electron chi connectivity index (χ2n) is 8.37. The first kappa shape index (κ1) is 19.8. The number of nitrogens with one attached hydrogen (secondary N) is 2. The van der Waals surface area contributed by atoms with Crippen LogP contribution < -0.4 is 15.5 Å². The molecular weight excluding hydrogens is 360 g/mol. The lowest BCUT2D eigenvalue weighted by Gasteiger charge is -2.32. The van der Waals surface area contributed by atoms with Crippen molar-refractivity contribution in [3.8, 4) is 0 Å². The largest absolute Gasteiger partial charge is 0.383 e. The minimum Gasteiger partial charge on any atom is -0.383 e. The molecule has 156 valence electrons. The molecule has 6 nitrogen and oxygen atoms in total. The second kappa shape index (κ2) is 8.89. The Hall–Kier alpha value is -2.50. The second-order valence-corrected chi connectivity index (χ2v) is 8.37. The molecule has 0 spiro atoms. The van der Waals surface area contributed by atoms with Crippen molar-refractivity contribution >= 4 is 17.3 Å². The number of aromatic nitrogens is 3. The zero-order chi connectivity index (χ0) is 20.2. The van der Waals surface area contributed by atoms with Crippen LogP contribution in [-0.4, -0.2) is 39.8 Å². The van der Waals surface area contributed by atoms with Crippen molar-refractivity contribution in [3.63, 3.8) is 0 Å². The van der Waals surface area contributed by atoms with E-state index < -0.39 is 0 Å². The number of hydrogen-bond donors (Lipinski definition) is 2. The van der Waals surface area contributed by atoms with Gasteiger partial charge in [0.15, 0.2) is 5.65 Å². The van der Waals surface area contributed by atoms with Crippen LogP contribution in [0.15, 0.2) is 37.2 Å². The molecule has 0 unspecified atom stereocenters. The zero-order valence-corrected chi connectivity index (χ0v) is 17.7. The van der Waals surface area contributed by atoms with Crippen molar-refractivity contribution in [2.75, 3.05) is 23.3 Å². The number of anilines is 2. The molecule has 0 atom stereocenters. The van der Waals surface area contributed by atoms with Crippen molar-refractivity contribution in [1.82, 2.24) is 19.9 Å². The maximum atomic E-state index is 4.99. The van der Waals surface area contributed by atoms with Gasteiger partial charge >= 0.3 is 0 Å². The van der Waals surface area contributed by atoms with Gasteiger partial charge < -0.3 is 15.5 Å². The van der Waals surface area contributed by atoms with Gasteiger partial charge in [-0.15, -0.1) is 0 Å². The maximum absolute atomic E-state index is 4.99. The van der Waals surface area contributed by atoms with E-state index in [4.69, 9.17) is 4.98 Å². The molecule has 2 N–H and O–H groups in total. The van der Waals surface area contributed by atoms with E-state index in [0.717, 1.165) is 68.2 Å². The Kier molecular flexibility index (Phi) is 6.07. The van der Waals surface area contributed by atoms with Crippen LogP contribution in [0.25, 0.3) is 5.65 Å². The Morgan fingerprint density at radius 1 is 1.17 bits per heavy atom. The van der Waals surface area contributed by atoms with Crippen molar-refractivity contribution in [1.29, 1.82) is 0 Å².